The number of hydrogen-bond donors (Lipinski definition) is 2. The summed E-state index contributed by atoms with van der Waals surface area (Å²) in [5, 5.41) is 12.6. The maximum atomic E-state index is 12.4. The molecule has 0 unspecified atom stereocenters. The number of carbonyl (C=O) groups excluding carboxylic acids is 2. The van der Waals surface area contributed by atoms with Crippen LogP contribution >= 0.6 is 23.5 Å². The predicted molar refractivity (Wildman–Crippen MR) is 98.2 cm³/mol. The molecule has 3 fully saturated rings. The van der Waals surface area contributed by atoms with E-state index in [9.17, 15) is 9.59 Å². The van der Waals surface area contributed by atoms with Gasteiger partial charge in [0.15, 0.2) is 0 Å². The van der Waals surface area contributed by atoms with E-state index >= 15 is 0 Å². The van der Waals surface area contributed by atoms with Crippen LogP contribution in [0.5, 0.6) is 0 Å². The Kier molecular flexibility index (Phi) is 6.34. The number of nitrogens with one attached hydrogen (secondary N) is 1. The molecule has 0 aromatic carbocycles. The molecular formula is C16H27N3O3S2. The molecule has 0 aromatic rings. The lowest BCUT2D eigenvalue weighted by Gasteiger charge is -2.39. The lowest BCUT2D eigenvalue weighted by atomic mass is 10.0. The molecule has 3 saturated heterocycles. The normalized spacial score (nSPS) is 26.8. The van der Waals surface area contributed by atoms with Crippen LogP contribution in [0, 0.1) is 0 Å². The molecule has 0 bridgehead atoms. The highest BCUT2D eigenvalue weighted by Gasteiger charge is 2.43. The smallest absolute Gasteiger partial charge is 0.224 e. The molecule has 6 nitrogen and oxygen atoms in total. The summed E-state index contributed by atoms with van der Waals surface area (Å²) in [6, 6.07) is 0.247. The first-order chi connectivity index (χ1) is 11.6. The fourth-order valence-electron chi connectivity index (χ4n) is 3.64. The average Bonchev–Trinajstić information content (AvgIpc) is 2.98. The first kappa shape index (κ1) is 18.4. The molecule has 3 heterocycles. The summed E-state index contributed by atoms with van der Waals surface area (Å²) in [5.74, 6) is 3.41. The standard InChI is InChI=1S/C16H27N3O3S2/c20-8-1-14(21)18-4-2-16(3-5-18)17-13(12-24-16)11-15(22)19-6-9-23-10-7-19/h13,17,20H,1-12H2/t13-/m1/s1. The van der Waals surface area contributed by atoms with Gasteiger partial charge in [-0.3, -0.25) is 14.9 Å². The van der Waals surface area contributed by atoms with Crippen LogP contribution in [-0.2, 0) is 9.59 Å². The number of likely N-dealkylation sites (tertiary alicyclic amines) is 1. The van der Waals surface area contributed by atoms with Crippen LogP contribution in [0.25, 0.3) is 0 Å². The molecule has 136 valence electrons. The van der Waals surface area contributed by atoms with Crippen molar-refractivity contribution in [3.8, 4) is 0 Å². The predicted octanol–water partition coefficient (Wildman–Crippen LogP) is 0.358. The zero-order valence-corrected chi connectivity index (χ0v) is 15.7. The minimum Gasteiger partial charge on any atom is -0.396 e. The molecule has 3 rings (SSSR count). The maximum absolute atomic E-state index is 12.4. The zero-order chi connectivity index (χ0) is 17.0. The highest BCUT2D eigenvalue weighted by atomic mass is 32.2. The number of nitrogens with zero attached hydrogens (tertiary/aromatic N) is 2. The molecule has 0 saturated carbocycles. The number of aliphatic hydroxyl groups excluding tert-OH is 1. The molecule has 24 heavy (non-hydrogen) atoms. The van der Waals surface area contributed by atoms with Crippen molar-refractivity contribution < 1.29 is 14.7 Å². The third-order valence-corrected chi connectivity index (χ3v) is 7.65. The van der Waals surface area contributed by atoms with Crippen LogP contribution in [0.2, 0.25) is 0 Å². The van der Waals surface area contributed by atoms with Gasteiger partial charge in [0.25, 0.3) is 0 Å². The summed E-state index contributed by atoms with van der Waals surface area (Å²) in [5.41, 5.74) is 0. The van der Waals surface area contributed by atoms with Crippen LogP contribution in [0.4, 0.5) is 0 Å². The van der Waals surface area contributed by atoms with Crippen molar-refractivity contribution in [1.29, 1.82) is 0 Å². The molecule has 3 aliphatic heterocycles. The summed E-state index contributed by atoms with van der Waals surface area (Å²) >= 11 is 3.84. The molecule has 2 N–H and O–H groups in total. The van der Waals surface area contributed by atoms with Gasteiger partial charge in [0.1, 0.15) is 0 Å². The Balaban J connectivity index is 1.45. The molecule has 0 aromatic heterocycles. The van der Waals surface area contributed by atoms with Gasteiger partial charge in [0.2, 0.25) is 11.8 Å². The van der Waals surface area contributed by atoms with E-state index in [2.05, 4.69) is 5.32 Å². The van der Waals surface area contributed by atoms with Crippen molar-refractivity contribution in [3.63, 3.8) is 0 Å². The molecular weight excluding hydrogens is 346 g/mol. The SMILES string of the molecule is O=C(CCO)N1CCC2(CC1)N[C@H](CC(=O)N1CCSCC1)CS2. The molecule has 2 amide bonds. The third kappa shape index (κ3) is 4.39. The van der Waals surface area contributed by atoms with E-state index in [1.165, 1.54) is 0 Å². The van der Waals surface area contributed by atoms with Gasteiger partial charge in [-0.2, -0.15) is 11.8 Å². The second kappa shape index (κ2) is 8.29. The van der Waals surface area contributed by atoms with Gasteiger partial charge in [-0.15, -0.1) is 11.8 Å². The second-order valence-corrected chi connectivity index (χ2v) is 9.33. The van der Waals surface area contributed by atoms with E-state index in [1.54, 1.807) is 0 Å². The van der Waals surface area contributed by atoms with Gasteiger partial charge in [-0.25, -0.2) is 0 Å². The molecule has 3 aliphatic rings. The molecule has 0 radical (unpaired) electrons. The fourth-order valence-corrected chi connectivity index (χ4v) is 5.98. The van der Waals surface area contributed by atoms with Crippen molar-refractivity contribution in [2.45, 2.75) is 36.6 Å². The summed E-state index contributed by atoms with van der Waals surface area (Å²) in [7, 11) is 0. The van der Waals surface area contributed by atoms with Crippen molar-refractivity contribution in [3.05, 3.63) is 0 Å². The zero-order valence-electron chi connectivity index (χ0n) is 14.0. The van der Waals surface area contributed by atoms with E-state index in [-0.39, 0.29) is 35.8 Å². The molecule has 1 spiro atoms. The van der Waals surface area contributed by atoms with Crippen molar-refractivity contribution in [2.24, 2.45) is 0 Å². The topological polar surface area (TPSA) is 72.9 Å². The Morgan fingerprint density at radius 1 is 1.08 bits per heavy atom. The Hall–Kier alpha value is -0.440. The van der Waals surface area contributed by atoms with Crippen LogP contribution < -0.4 is 5.32 Å². The van der Waals surface area contributed by atoms with E-state index in [0.717, 1.165) is 56.3 Å². The van der Waals surface area contributed by atoms with Gasteiger partial charge in [-0.05, 0) is 12.8 Å². The van der Waals surface area contributed by atoms with Gasteiger partial charge < -0.3 is 14.9 Å². The maximum Gasteiger partial charge on any atom is 0.224 e. The van der Waals surface area contributed by atoms with Gasteiger partial charge in [-0.1, -0.05) is 0 Å². The van der Waals surface area contributed by atoms with Crippen LogP contribution in [0.3, 0.4) is 0 Å². The van der Waals surface area contributed by atoms with E-state index in [1.807, 2.05) is 33.3 Å². The van der Waals surface area contributed by atoms with E-state index in [0.29, 0.717) is 6.42 Å². The number of thioether (sulfide) groups is 2. The van der Waals surface area contributed by atoms with Crippen molar-refractivity contribution in [2.75, 3.05) is 50.0 Å². The van der Waals surface area contributed by atoms with Crippen LogP contribution in [-0.4, -0.2) is 87.7 Å². The second-order valence-electron chi connectivity index (χ2n) is 6.70. The highest BCUT2D eigenvalue weighted by Crippen LogP contribution is 2.40. The number of aliphatic hydroxyl groups is 1. The Bertz CT molecular complexity index is 463. The van der Waals surface area contributed by atoms with Crippen LogP contribution in [0.1, 0.15) is 25.7 Å². The van der Waals surface area contributed by atoms with Crippen molar-refractivity contribution >= 4 is 35.3 Å². The Morgan fingerprint density at radius 3 is 2.42 bits per heavy atom. The molecule has 8 heteroatoms. The fraction of sp³-hybridized carbons (Fsp3) is 0.875. The van der Waals surface area contributed by atoms with Gasteiger partial charge >= 0.3 is 0 Å². The van der Waals surface area contributed by atoms with E-state index in [4.69, 9.17) is 5.11 Å². The highest BCUT2D eigenvalue weighted by molar-refractivity contribution is 8.00. The number of rotatable bonds is 4. The quantitative estimate of drug-likeness (QED) is 0.741. The molecule has 1 atom stereocenters. The number of piperidine rings is 1. The number of amides is 2. The first-order valence-electron chi connectivity index (χ1n) is 8.78. The minimum atomic E-state index is -0.0767. The van der Waals surface area contributed by atoms with Gasteiger partial charge in [0.05, 0.1) is 11.5 Å². The van der Waals surface area contributed by atoms with Crippen LogP contribution in [0.15, 0.2) is 0 Å². The molecule has 0 aliphatic carbocycles. The minimum absolute atomic E-state index is 0.0265. The third-order valence-electron chi connectivity index (χ3n) is 5.06. The summed E-state index contributed by atoms with van der Waals surface area (Å²) < 4.78 is 0. The van der Waals surface area contributed by atoms with Crippen molar-refractivity contribution in [1.82, 2.24) is 15.1 Å². The lowest BCUT2D eigenvalue weighted by Crippen LogP contribution is -2.52. The summed E-state index contributed by atoms with van der Waals surface area (Å²) in [4.78, 5) is 28.2. The summed E-state index contributed by atoms with van der Waals surface area (Å²) in [6.45, 7) is 3.17. The largest absolute Gasteiger partial charge is 0.396 e. The monoisotopic (exact) mass is 373 g/mol. The average molecular weight is 374 g/mol. The first-order valence-corrected chi connectivity index (χ1v) is 10.9. The Labute approximate surface area is 152 Å². The Morgan fingerprint density at radius 2 is 1.75 bits per heavy atom. The van der Waals surface area contributed by atoms with E-state index < -0.39 is 0 Å². The number of carbonyl (C=O) groups is 2. The summed E-state index contributed by atoms with van der Waals surface area (Å²) in [6.07, 6.45) is 2.64. The van der Waals surface area contributed by atoms with Gasteiger partial charge in [0, 0.05) is 62.3 Å². The lowest BCUT2D eigenvalue weighted by molar-refractivity contribution is -0.133. The number of hydrogen-bond acceptors (Lipinski definition) is 6.